The van der Waals surface area contributed by atoms with Gasteiger partial charge in [0.25, 0.3) is 0 Å². The molecule has 0 aliphatic carbocycles. The Labute approximate surface area is 141 Å². The summed E-state index contributed by atoms with van der Waals surface area (Å²) in [4.78, 5) is 20.9. The van der Waals surface area contributed by atoms with Crippen LogP contribution in [0.5, 0.6) is 0 Å². The average molecular weight is 520 g/mol. The normalized spacial score (nSPS) is 14.8. The van der Waals surface area contributed by atoms with Crippen LogP contribution in [0, 0.1) is 0 Å². The Hall–Kier alpha value is 0.860. The summed E-state index contributed by atoms with van der Waals surface area (Å²) in [6, 6.07) is 0. The van der Waals surface area contributed by atoms with Crippen molar-refractivity contribution in [3.63, 3.8) is 0 Å². The lowest BCUT2D eigenvalue weighted by Crippen LogP contribution is -2.32. The summed E-state index contributed by atoms with van der Waals surface area (Å²) in [5.74, 6) is -1.03. The number of hydrogen-bond acceptors (Lipinski definition) is 3. The molecule has 2 unspecified atom stereocenters. The number of aliphatic carboxylic acids is 1. The number of ether oxygens (including phenoxy) is 1. The second kappa shape index (κ2) is 11.7. The molecule has 0 aliphatic heterocycles. The summed E-state index contributed by atoms with van der Waals surface area (Å²) in [5, 5.41) is 9.58. The molecule has 0 spiro atoms. The molecule has 0 bridgehead atoms. The molecule has 1 N–H and O–H groups in total. The minimum atomic E-state index is -0.818. The van der Waals surface area contributed by atoms with Gasteiger partial charge in [0.1, 0.15) is 9.15 Å². The molecule has 0 aromatic carbocycles. The zero-order valence-corrected chi connectivity index (χ0v) is 16.4. The Bertz CT molecular complexity index is 254. The molecule has 0 radical (unpaired) electrons. The lowest BCUT2D eigenvalue weighted by molar-refractivity contribution is -0.142. The third kappa shape index (κ3) is 8.87. The molecule has 0 aromatic rings. The molecule has 2 atom stereocenters. The van der Waals surface area contributed by atoms with Gasteiger partial charge in [-0.2, -0.15) is 0 Å². The maximum absolute atomic E-state index is 10.7. The second-order valence-electron chi connectivity index (χ2n) is 3.13. The van der Waals surface area contributed by atoms with Gasteiger partial charge in [-0.05, 0) is 13.3 Å². The maximum Gasteiger partial charge on any atom is 0.321 e. The summed E-state index contributed by atoms with van der Waals surface area (Å²) in [6.07, 6.45) is 0.577. The largest absolute Gasteiger partial charge is 0.480 e. The minimum Gasteiger partial charge on any atom is -0.480 e. The second-order valence-corrected chi connectivity index (χ2v) is 6.96. The number of carbonyl (C=O) groups is 2. The number of carboxylic acids is 1. The van der Waals surface area contributed by atoms with Gasteiger partial charge in [-0.3, -0.25) is 9.59 Å². The van der Waals surface area contributed by atoms with Crippen molar-refractivity contribution in [1.82, 2.24) is 0 Å². The first kappa shape index (κ1) is 21.2. The van der Waals surface area contributed by atoms with E-state index in [2.05, 4.69) is 68.5 Å². The molecule has 108 valence electrons. The topological polar surface area (TPSA) is 63.6 Å². The van der Waals surface area contributed by atoms with Gasteiger partial charge in [-0.1, -0.05) is 70.6 Å². The van der Waals surface area contributed by atoms with E-state index in [4.69, 9.17) is 5.11 Å². The fourth-order valence-electron chi connectivity index (χ4n) is 0.599. The fourth-order valence-corrected chi connectivity index (χ4v) is 1.63. The Morgan fingerprint density at radius 1 is 1.33 bits per heavy atom. The molecule has 0 saturated carbocycles. The molecule has 0 rings (SSSR count). The Morgan fingerprint density at radius 3 is 2.00 bits per heavy atom. The van der Waals surface area contributed by atoms with Crippen molar-refractivity contribution in [3.05, 3.63) is 0 Å². The number of esters is 1. The number of alkyl halides is 4. The Morgan fingerprint density at radius 2 is 1.83 bits per heavy atom. The minimum absolute atomic E-state index is 0.211. The van der Waals surface area contributed by atoms with Gasteiger partial charge in [0.2, 0.25) is 0 Å². The van der Waals surface area contributed by atoms with E-state index in [-0.39, 0.29) is 10.8 Å². The number of carboxylic acid groups (broad SMARTS) is 1. The quantitative estimate of drug-likeness (QED) is 0.429. The molecule has 18 heavy (non-hydrogen) atoms. The van der Waals surface area contributed by atoms with Crippen LogP contribution in [0.3, 0.4) is 0 Å². The van der Waals surface area contributed by atoms with Crippen LogP contribution >= 0.6 is 63.7 Å². The number of carbonyl (C=O) groups excluding carboxylic acids is 1. The van der Waals surface area contributed by atoms with E-state index in [1.165, 1.54) is 0 Å². The third-order valence-corrected chi connectivity index (χ3v) is 6.94. The molecule has 0 aromatic heterocycles. The smallest absolute Gasteiger partial charge is 0.321 e. The monoisotopic (exact) mass is 516 g/mol. The van der Waals surface area contributed by atoms with Crippen molar-refractivity contribution in [1.29, 1.82) is 0 Å². The zero-order valence-electron chi connectivity index (χ0n) is 10.1. The van der Waals surface area contributed by atoms with E-state index < -0.39 is 10.3 Å². The first-order chi connectivity index (χ1) is 8.28. The lowest BCUT2D eigenvalue weighted by atomic mass is 10.1. The van der Waals surface area contributed by atoms with Crippen molar-refractivity contribution in [2.75, 3.05) is 17.3 Å². The van der Waals surface area contributed by atoms with Gasteiger partial charge < -0.3 is 9.84 Å². The highest BCUT2D eigenvalue weighted by Gasteiger charge is 2.31. The van der Waals surface area contributed by atoms with E-state index in [0.29, 0.717) is 23.7 Å². The predicted octanol–water partition coefficient (Wildman–Crippen LogP) is 3.72. The van der Waals surface area contributed by atoms with E-state index >= 15 is 0 Å². The number of hydrogen-bond donors (Lipinski definition) is 1. The molecular formula is C10H16Br4O4. The molecule has 8 heteroatoms. The fraction of sp³-hybridized carbons (Fsp3) is 0.800. The van der Waals surface area contributed by atoms with Crippen LogP contribution in [-0.2, 0) is 14.3 Å². The average Bonchev–Trinajstić information content (AvgIpc) is 2.37. The van der Waals surface area contributed by atoms with E-state index in [9.17, 15) is 9.59 Å². The van der Waals surface area contributed by atoms with Gasteiger partial charge in [-0.25, -0.2) is 0 Å². The van der Waals surface area contributed by atoms with Crippen molar-refractivity contribution < 1.29 is 19.4 Å². The lowest BCUT2D eigenvalue weighted by Gasteiger charge is -2.16. The molecule has 0 saturated heterocycles. The zero-order chi connectivity index (χ0) is 14.8. The van der Waals surface area contributed by atoms with Crippen LogP contribution in [0.4, 0.5) is 0 Å². The van der Waals surface area contributed by atoms with Crippen molar-refractivity contribution >= 4 is 75.7 Å². The molecule has 0 aliphatic rings. The van der Waals surface area contributed by atoms with Crippen LogP contribution in [0.25, 0.3) is 0 Å². The predicted molar refractivity (Wildman–Crippen MR) is 86.5 cm³/mol. The van der Waals surface area contributed by atoms with Gasteiger partial charge in [-0.15, -0.1) is 0 Å². The van der Waals surface area contributed by atoms with E-state index in [0.717, 1.165) is 0 Å². The van der Waals surface area contributed by atoms with Crippen molar-refractivity contribution in [3.8, 4) is 0 Å². The first-order valence-corrected chi connectivity index (χ1v) is 9.09. The highest BCUT2D eigenvalue weighted by molar-refractivity contribution is 9.12. The number of halogens is 4. The molecule has 4 nitrogen and oxygen atoms in total. The van der Waals surface area contributed by atoms with Crippen LogP contribution in [-0.4, -0.2) is 43.5 Å². The van der Waals surface area contributed by atoms with Crippen molar-refractivity contribution in [2.24, 2.45) is 0 Å². The highest BCUT2D eigenvalue weighted by Crippen LogP contribution is 2.24. The van der Waals surface area contributed by atoms with Gasteiger partial charge in [0.05, 0.1) is 6.61 Å². The summed E-state index contributed by atoms with van der Waals surface area (Å²) in [7, 11) is 0. The van der Waals surface area contributed by atoms with Crippen molar-refractivity contribution in [2.45, 2.75) is 29.4 Å². The Balaban J connectivity index is 0. The molecule has 0 heterocycles. The SMILES string of the molecule is CCC(Br)(CBr)C(=O)O.CCOC(=O)C(Br)CBr. The van der Waals surface area contributed by atoms with Crippen LogP contribution in [0.15, 0.2) is 0 Å². The van der Waals surface area contributed by atoms with Gasteiger partial charge in [0.15, 0.2) is 0 Å². The standard InChI is InChI=1S/2C5H8Br2O2/c1-2-5(7,3-6)4(8)9;1-2-9-5(8)4(7)3-6/h2-3H2,1H3,(H,8,9);4H,2-3H2,1H3. The first-order valence-electron chi connectivity index (χ1n) is 5.13. The number of rotatable bonds is 6. The Kier molecular flexibility index (Phi) is 13.7. The van der Waals surface area contributed by atoms with E-state index in [1.807, 2.05) is 6.92 Å². The maximum atomic E-state index is 10.7. The van der Waals surface area contributed by atoms with E-state index in [1.54, 1.807) is 6.92 Å². The summed E-state index contributed by atoms with van der Waals surface area (Å²) >= 11 is 12.5. The molecule has 0 amide bonds. The summed E-state index contributed by atoms with van der Waals surface area (Å²) in [5.41, 5.74) is 0. The molecule has 0 fully saturated rings. The summed E-state index contributed by atoms with van der Waals surface area (Å²) < 4.78 is 3.91. The summed E-state index contributed by atoms with van der Waals surface area (Å²) in [6.45, 7) is 4.05. The highest BCUT2D eigenvalue weighted by atomic mass is 79.9. The molecular weight excluding hydrogens is 504 g/mol. The van der Waals surface area contributed by atoms with Crippen LogP contribution in [0.1, 0.15) is 20.3 Å². The van der Waals surface area contributed by atoms with Gasteiger partial charge in [0, 0.05) is 10.7 Å². The van der Waals surface area contributed by atoms with Crippen LogP contribution < -0.4 is 0 Å². The third-order valence-electron chi connectivity index (χ3n) is 1.83. The van der Waals surface area contributed by atoms with Gasteiger partial charge >= 0.3 is 11.9 Å². The van der Waals surface area contributed by atoms with Crippen LogP contribution in [0.2, 0.25) is 0 Å².